The van der Waals surface area contributed by atoms with Crippen LogP contribution < -0.4 is 5.32 Å². The van der Waals surface area contributed by atoms with Crippen molar-refractivity contribution in [3.63, 3.8) is 0 Å². The Morgan fingerprint density at radius 3 is 2.04 bits per heavy atom. The van der Waals surface area contributed by atoms with Crippen molar-refractivity contribution in [2.45, 2.75) is 25.9 Å². The lowest BCUT2D eigenvalue weighted by Crippen LogP contribution is -2.35. The summed E-state index contributed by atoms with van der Waals surface area (Å²) in [7, 11) is -3.69. The lowest BCUT2D eigenvalue weighted by molar-refractivity contribution is -0.134. The van der Waals surface area contributed by atoms with Crippen molar-refractivity contribution in [2.24, 2.45) is 0 Å². The highest BCUT2D eigenvalue weighted by molar-refractivity contribution is 7.60. The van der Waals surface area contributed by atoms with Gasteiger partial charge in [0.25, 0.3) is 0 Å². The molecule has 0 heterocycles. The number of benzene rings is 2. The van der Waals surface area contributed by atoms with Crippen molar-refractivity contribution in [2.75, 3.05) is 6.16 Å². The quantitative estimate of drug-likeness (QED) is 0.630. The Labute approximate surface area is 157 Å². The minimum absolute atomic E-state index is 0.0174. The molecule has 0 saturated carbocycles. The van der Waals surface area contributed by atoms with Crippen LogP contribution in [0.5, 0.6) is 0 Å². The topological polar surface area (TPSA) is 102 Å². The van der Waals surface area contributed by atoms with Crippen LogP contribution in [0.2, 0.25) is 0 Å². The number of amides is 1. The van der Waals surface area contributed by atoms with Crippen LogP contribution in [0, 0.1) is 0 Å². The smallest absolute Gasteiger partial charge is 0.408 e. The Kier molecular flexibility index (Phi) is 7.58. The van der Waals surface area contributed by atoms with Gasteiger partial charge in [-0.1, -0.05) is 60.7 Å². The molecule has 0 bridgehead atoms. The lowest BCUT2D eigenvalue weighted by Gasteiger charge is -2.24. The van der Waals surface area contributed by atoms with Gasteiger partial charge in [0.05, 0.1) is 6.61 Å². The fourth-order valence-electron chi connectivity index (χ4n) is 2.27. The molecular weight excluding hydrogens is 369 g/mol. The molecule has 0 radical (unpaired) electrons. The number of hydrogen-bond acceptors (Lipinski definition) is 5. The number of nitrogens with one attached hydrogen (secondary N) is 1. The first-order chi connectivity index (χ1) is 12.9. The summed E-state index contributed by atoms with van der Waals surface area (Å²) in [6, 6.07) is 18.0. The van der Waals surface area contributed by atoms with Gasteiger partial charge in [-0.2, -0.15) is 0 Å². The summed E-state index contributed by atoms with van der Waals surface area (Å²) in [4.78, 5) is 23.1. The first-order valence-corrected chi connectivity index (χ1v) is 10.2. The molecule has 0 aliphatic rings. The minimum atomic E-state index is -3.69. The van der Waals surface area contributed by atoms with E-state index in [0.717, 1.165) is 11.1 Å². The molecule has 0 aromatic heterocycles. The van der Waals surface area contributed by atoms with E-state index in [2.05, 4.69) is 5.32 Å². The van der Waals surface area contributed by atoms with Crippen LogP contribution in [0.4, 0.5) is 4.79 Å². The zero-order valence-corrected chi connectivity index (χ0v) is 15.8. The average molecular weight is 391 g/mol. The Morgan fingerprint density at radius 2 is 1.52 bits per heavy atom. The predicted molar refractivity (Wildman–Crippen MR) is 101 cm³/mol. The molecule has 1 amide bonds. The Bertz CT molecular complexity index is 796. The third kappa shape index (κ3) is 6.89. The first-order valence-electron chi connectivity index (χ1n) is 8.35. The van der Waals surface area contributed by atoms with E-state index in [9.17, 15) is 14.2 Å². The largest absolute Gasteiger partial charge is 0.481 e. The number of ether oxygens (including phenoxy) is 1. The standard InChI is InChI=1S/C19H22NO6P/c1-15(20-19(23)25-12-16-8-4-2-5-9-16)27(24,14-18(21)22)26-13-17-10-6-3-7-11-17/h2-11,15H,12-14H2,1H3,(H,20,23)(H,21,22). The number of aliphatic carboxylic acids is 1. The van der Waals surface area contributed by atoms with E-state index in [-0.39, 0.29) is 13.2 Å². The van der Waals surface area contributed by atoms with Crippen LogP contribution in [0.1, 0.15) is 18.1 Å². The predicted octanol–water partition coefficient (Wildman–Crippen LogP) is 3.84. The van der Waals surface area contributed by atoms with Gasteiger partial charge in [0.15, 0.2) is 0 Å². The second kappa shape index (κ2) is 9.90. The second-order valence-electron chi connectivity index (χ2n) is 5.92. The Morgan fingerprint density at radius 1 is 1.00 bits per heavy atom. The molecule has 7 nitrogen and oxygen atoms in total. The van der Waals surface area contributed by atoms with Crippen molar-refractivity contribution in [3.05, 3.63) is 71.8 Å². The summed E-state index contributed by atoms with van der Waals surface area (Å²) >= 11 is 0. The van der Waals surface area contributed by atoms with Gasteiger partial charge in [-0.15, -0.1) is 0 Å². The Balaban J connectivity index is 1.96. The van der Waals surface area contributed by atoms with Gasteiger partial charge in [0.2, 0.25) is 7.37 Å². The van der Waals surface area contributed by atoms with Crippen molar-refractivity contribution in [3.8, 4) is 0 Å². The summed E-state index contributed by atoms with van der Waals surface area (Å²) in [6.45, 7) is 1.47. The summed E-state index contributed by atoms with van der Waals surface area (Å²) in [5.41, 5.74) is 1.55. The van der Waals surface area contributed by atoms with Gasteiger partial charge in [-0.25, -0.2) is 4.79 Å². The number of rotatable bonds is 9. The fraction of sp³-hybridized carbons (Fsp3) is 0.263. The number of carboxylic acid groups (broad SMARTS) is 1. The molecule has 0 aliphatic heterocycles. The SMILES string of the molecule is CC(NC(=O)OCc1ccccc1)P(=O)(CC(=O)O)OCc1ccccc1. The maximum atomic E-state index is 13.0. The van der Waals surface area contributed by atoms with E-state index < -0.39 is 31.4 Å². The lowest BCUT2D eigenvalue weighted by atomic mass is 10.2. The van der Waals surface area contributed by atoms with E-state index >= 15 is 0 Å². The summed E-state index contributed by atoms with van der Waals surface area (Å²) < 4.78 is 23.6. The normalized spacial score (nSPS) is 14.0. The molecule has 2 aromatic carbocycles. The molecule has 27 heavy (non-hydrogen) atoms. The van der Waals surface area contributed by atoms with E-state index in [4.69, 9.17) is 14.4 Å². The van der Waals surface area contributed by atoms with Crippen LogP contribution in [-0.4, -0.2) is 29.1 Å². The van der Waals surface area contributed by atoms with E-state index in [1.54, 1.807) is 36.4 Å². The molecule has 0 saturated heterocycles. The number of hydrogen-bond donors (Lipinski definition) is 2. The number of alkyl carbamates (subject to hydrolysis) is 1. The van der Waals surface area contributed by atoms with Crippen LogP contribution >= 0.6 is 7.37 Å². The minimum Gasteiger partial charge on any atom is -0.481 e. The number of carbonyl (C=O) groups is 2. The molecule has 8 heteroatoms. The molecule has 0 fully saturated rings. The van der Waals surface area contributed by atoms with Crippen LogP contribution in [0.15, 0.2) is 60.7 Å². The first kappa shape index (κ1) is 20.7. The summed E-state index contributed by atoms with van der Waals surface area (Å²) in [6.07, 6.45) is -1.49. The highest BCUT2D eigenvalue weighted by Gasteiger charge is 2.35. The molecule has 2 aromatic rings. The van der Waals surface area contributed by atoms with Crippen molar-refractivity contribution < 1.29 is 28.5 Å². The molecule has 144 valence electrons. The highest BCUT2D eigenvalue weighted by atomic mass is 31.2. The Hall–Kier alpha value is -2.63. The zero-order chi connectivity index (χ0) is 19.7. The van der Waals surface area contributed by atoms with Gasteiger partial charge < -0.3 is 19.7 Å². The van der Waals surface area contributed by atoms with Gasteiger partial charge in [0, 0.05) is 0 Å². The van der Waals surface area contributed by atoms with Gasteiger partial charge >= 0.3 is 12.1 Å². The highest BCUT2D eigenvalue weighted by Crippen LogP contribution is 2.51. The summed E-state index contributed by atoms with van der Waals surface area (Å²) in [5, 5.41) is 11.5. The van der Waals surface area contributed by atoms with Crippen molar-refractivity contribution >= 4 is 19.4 Å². The number of carbonyl (C=O) groups excluding carboxylic acids is 1. The van der Waals surface area contributed by atoms with E-state index in [1.165, 1.54) is 6.92 Å². The van der Waals surface area contributed by atoms with E-state index in [0.29, 0.717) is 0 Å². The van der Waals surface area contributed by atoms with Crippen LogP contribution in [0.3, 0.4) is 0 Å². The van der Waals surface area contributed by atoms with Crippen molar-refractivity contribution in [1.82, 2.24) is 5.32 Å². The maximum Gasteiger partial charge on any atom is 0.408 e. The molecule has 2 rings (SSSR count). The second-order valence-corrected chi connectivity index (χ2v) is 8.72. The molecule has 2 N–H and O–H groups in total. The van der Waals surface area contributed by atoms with Crippen LogP contribution in [0.25, 0.3) is 0 Å². The molecule has 0 aliphatic carbocycles. The monoisotopic (exact) mass is 391 g/mol. The maximum absolute atomic E-state index is 13.0. The molecule has 0 spiro atoms. The third-order valence-corrected chi connectivity index (χ3v) is 6.36. The van der Waals surface area contributed by atoms with Gasteiger partial charge in [-0.3, -0.25) is 9.36 Å². The zero-order valence-electron chi connectivity index (χ0n) is 14.9. The number of carboxylic acids is 1. The molecular formula is C19H22NO6P. The molecule has 2 atom stereocenters. The summed E-state index contributed by atoms with van der Waals surface area (Å²) in [5.74, 6) is -2.28. The van der Waals surface area contributed by atoms with Crippen molar-refractivity contribution in [1.29, 1.82) is 0 Å². The average Bonchev–Trinajstić information content (AvgIpc) is 2.66. The fourth-order valence-corrected chi connectivity index (χ4v) is 3.91. The van der Waals surface area contributed by atoms with E-state index in [1.807, 2.05) is 24.3 Å². The van der Waals surface area contributed by atoms with Crippen LogP contribution in [-0.2, 0) is 31.8 Å². The van der Waals surface area contributed by atoms with Gasteiger partial charge in [0.1, 0.15) is 18.6 Å². The van der Waals surface area contributed by atoms with Gasteiger partial charge in [-0.05, 0) is 18.1 Å². The molecule has 2 unspecified atom stereocenters. The third-order valence-electron chi connectivity index (χ3n) is 3.78.